The normalized spacial score (nSPS) is 17.9. The predicted octanol–water partition coefficient (Wildman–Crippen LogP) is 3.75. The van der Waals surface area contributed by atoms with Gasteiger partial charge in [-0.2, -0.15) is 0 Å². The van der Waals surface area contributed by atoms with Crippen LogP contribution in [0.5, 0.6) is 5.75 Å². The molecule has 2 rings (SSSR count). The van der Waals surface area contributed by atoms with Gasteiger partial charge in [-0.3, -0.25) is 0 Å². The summed E-state index contributed by atoms with van der Waals surface area (Å²) in [6.07, 6.45) is 5.63. The molecule has 1 aliphatic carbocycles. The summed E-state index contributed by atoms with van der Waals surface area (Å²) in [5.74, 6) is 1.85. The largest absolute Gasteiger partial charge is 0.494 e. The van der Waals surface area contributed by atoms with Gasteiger partial charge in [-0.1, -0.05) is 25.0 Å². The standard InChI is InChI=1S/C16H25NO/c1-3-18-16-10-8-14(9-11-16)12-17-13(2)15-6-4-5-7-15/h8-11,13,15,17H,3-7,12H2,1-2H3/t13-/m0/s1. The van der Waals surface area contributed by atoms with Crippen molar-refractivity contribution < 1.29 is 4.74 Å². The molecule has 0 aliphatic heterocycles. The van der Waals surface area contributed by atoms with Gasteiger partial charge in [0.2, 0.25) is 0 Å². The zero-order chi connectivity index (χ0) is 12.8. The number of benzene rings is 1. The third kappa shape index (κ3) is 3.74. The summed E-state index contributed by atoms with van der Waals surface area (Å²) in [6, 6.07) is 9.05. The Morgan fingerprint density at radius 3 is 2.50 bits per heavy atom. The number of nitrogens with one attached hydrogen (secondary N) is 1. The lowest BCUT2D eigenvalue weighted by Gasteiger charge is -2.20. The fraction of sp³-hybridized carbons (Fsp3) is 0.625. The molecule has 1 aliphatic rings. The Bertz CT molecular complexity index is 341. The molecule has 1 atom stereocenters. The highest BCUT2D eigenvalue weighted by molar-refractivity contribution is 5.27. The van der Waals surface area contributed by atoms with Crippen LogP contribution in [0, 0.1) is 5.92 Å². The monoisotopic (exact) mass is 247 g/mol. The number of ether oxygens (including phenoxy) is 1. The highest BCUT2D eigenvalue weighted by atomic mass is 16.5. The number of hydrogen-bond acceptors (Lipinski definition) is 2. The molecular formula is C16H25NO. The second-order valence-corrected chi connectivity index (χ2v) is 5.29. The summed E-state index contributed by atoms with van der Waals surface area (Å²) in [6.45, 7) is 6.03. The molecule has 18 heavy (non-hydrogen) atoms. The maximum atomic E-state index is 5.45. The van der Waals surface area contributed by atoms with Crippen LogP contribution in [0.3, 0.4) is 0 Å². The van der Waals surface area contributed by atoms with Gasteiger partial charge in [0.25, 0.3) is 0 Å². The summed E-state index contributed by atoms with van der Waals surface area (Å²) in [5.41, 5.74) is 1.34. The van der Waals surface area contributed by atoms with Gasteiger partial charge in [0.1, 0.15) is 5.75 Å². The van der Waals surface area contributed by atoms with Crippen LogP contribution in [0.15, 0.2) is 24.3 Å². The third-order valence-electron chi connectivity index (χ3n) is 3.97. The van der Waals surface area contributed by atoms with Gasteiger partial charge >= 0.3 is 0 Å². The van der Waals surface area contributed by atoms with Crippen LogP contribution in [-0.2, 0) is 6.54 Å². The van der Waals surface area contributed by atoms with E-state index in [0.717, 1.165) is 24.8 Å². The van der Waals surface area contributed by atoms with Gasteiger partial charge in [-0.25, -0.2) is 0 Å². The summed E-state index contributed by atoms with van der Waals surface area (Å²) < 4.78 is 5.45. The molecule has 100 valence electrons. The van der Waals surface area contributed by atoms with Crippen LogP contribution in [-0.4, -0.2) is 12.6 Å². The van der Waals surface area contributed by atoms with E-state index in [1.807, 2.05) is 6.92 Å². The van der Waals surface area contributed by atoms with Crippen molar-refractivity contribution in [3.05, 3.63) is 29.8 Å². The first kappa shape index (κ1) is 13.4. The lowest BCUT2D eigenvalue weighted by Crippen LogP contribution is -2.31. The van der Waals surface area contributed by atoms with Crippen LogP contribution < -0.4 is 10.1 Å². The van der Waals surface area contributed by atoms with E-state index in [9.17, 15) is 0 Å². The summed E-state index contributed by atoms with van der Waals surface area (Å²) in [7, 11) is 0. The van der Waals surface area contributed by atoms with E-state index in [4.69, 9.17) is 4.74 Å². The van der Waals surface area contributed by atoms with Crippen LogP contribution in [0.25, 0.3) is 0 Å². The molecule has 0 amide bonds. The second kappa shape index (κ2) is 6.79. The highest BCUT2D eigenvalue weighted by Crippen LogP contribution is 2.27. The molecule has 0 aromatic heterocycles. The molecule has 1 saturated carbocycles. The van der Waals surface area contributed by atoms with E-state index < -0.39 is 0 Å². The zero-order valence-corrected chi connectivity index (χ0v) is 11.6. The van der Waals surface area contributed by atoms with Crippen molar-refractivity contribution >= 4 is 0 Å². The molecule has 1 aromatic rings. The Kier molecular flexibility index (Phi) is 5.06. The van der Waals surface area contributed by atoms with E-state index in [1.165, 1.54) is 31.2 Å². The number of hydrogen-bond donors (Lipinski definition) is 1. The van der Waals surface area contributed by atoms with Crippen molar-refractivity contribution in [1.82, 2.24) is 5.32 Å². The minimum absolute atomic E-state index is 0.638. The van der Waals surface area contributed by atoms with Crippen LogP contribution >= 0.6 is 0 Å². The van der Waals surface area contributed by atoms with Crippen LogP contribution in [0.1, 0.15) is 45.1 Å². The SMILES string of the molecule is CCOc1ccc(CN[C@@H](C)C2CCCC2)cc1. The van der Waals surface area contributed by atoms with Crippen LogP contribution in [0.2, 0.25) is 0 Å². The summed E-state index contributed by atoms with van der Waals surface area (Å²) in [5, 5.41) is 3.65. The van der Waals surface area contributed by atoms with E-state index in [1.54, 1.807) is 0 Å². The molecule has 1 aromatic carbocycles. The third-order valence-corrected chi connectivity index (χ3v) is 3.97. The van der Waals surface area contributed by atoms with Crippen molar-refractivity contribution in [1.29, 1.82) is 0 Å². The van der Waals surface area contributed by atoms with E-state index in [-0.39, 0.29) is 0 Å². The molecule has 0 bridgehead atoms. The van der Waals surface area contributed by atoms with Gasteiger partial charge in [0.05, 0.1) is 6.61 Å². The molecule has 0 spiro atoms. The Labute approximate surface area is 111 Å². The van der Waals surface area contributed by atoms with Gasteiger partial charge in [-0.15, -0.1) is 0 Å². The minimum Gasteiger partial charge on any atom is -0.494 e. The summed E-state index contributed by atoms with van der Waals surface area (Å²) >= 11 is 0. The Morgan fingerprint density at radius 1 is 1.22 bits per heavy atom. The smallest absolute Gasteiger partial charge is 0.119 e. The number of rotatable bonds is 6. The van der Waals surface area contributed by atoms with Crippen molar-refractivity contribution in [3.8, 4) is 5.75 Å². The Balaban J connectivity index is 1.78. The van der Waals surface area contributed by atoms with Gasteiger partial charge in [0.15, 0.2) is 0 Å². The quantitative estimate of drug-likeness (QED) is 0.826. The molecule has 0 saturated heterocycles. The van der Waals surface area contributed by atoms with Crippen molar-refractivity contribution in [2.24, 2.45) is 5.92 Å². The minimum atomic E-state index is 0.638. The topological polar surface area (TPSA) is 21.3 Å². The molecule has 1 fully saturated rings. The molecule has 0 heterocycles. The maximum Gasteiger partial charge on any atom is 0.119 e. The first-order chi connectivity index (χ1) is 8.79. The van der Waals surface area contributed by atoms with E-state index in [0.29, 0.717) is 6.04 Å². The van der Waals surface area contributed by atoms with E-state index >= 15 is 0 Å². The first-order valence-electron chi connectivity index (χ1n) is 7.24. The zero-order valence-electron chi connectivity index (χ0n) is 11.6. The summed E-state index contributed by atoms with van der Waals surface area (Å²) in [4.78, 5) is 0. The first-order valence-corrected chi connectivity index (χ1v) is 7.24. The lowest BCUT2D eigenvalue weighted by molar-refractivity contribution is 0.340. The molecular weight excluding hydrogens is 222 g/mol. The molecule has 0 radical (unpaired) electrons. The lowest BCUT2D eigenvalue weighted by atomic mass is 9.99. The molecule has 2 heteroatoms. The molecule has 2 nitrogen and oxygen atoms in total. The van der Waals surface area contributed by atoms with Crippen molar-refractivity contribution in [2.45, 2.75) is 52.1 Å². The predicted molar refractivity (Wildman–Crippen MR) is 75.9 cm³/mol. The van der Waals surface area contributed by atoms with Crippen molar-refractivity contribution in [2.75, 3.05) is 6.61 Å². The highest BCUT2D eigenvalue weighted by Gasteiger charge is 2.20. The molecule has 1 N–H and O–H groups in total. The average Bonchev–Trinajstić information content (AvgIpc) is 2.92. The van der Waals surface area contributed by atoms with Gasteiger partial charge < -0.3 is 10.1 Å². The van der Waals surface area contributed by atoms with E-state index in [2.05, 4.69) is 36.5 Å². The van der Waals surface area contributed by atoms with Crippen LogP contribution in [0.4, 0.5) is 0 Å². The van der Waals surface area contributed by atoms with Gasteiger partial charge in [-0.05, 0) is 50.3 Å². The average molecular weight is 247 g/mol. The second-order valence-electron chi connectivity index (χ2n) is 5.29. The Hall–Kier alpha value is -1.02. The molecule has 0 unspecified atom stereocenters. The maximum absolute atomic E-state index is 5.45. The van der Waals surface area contributed by atoms with Gasteiger partial charge in [0, 0.05) is 12.6 Å². The fourth-order valence-corrected chi connectivity index (χ4v) is 2.77. The fourth-order valence-electron chi connectivity index (χ4n) is 2.77. The Morgan fingerprint density at radius 2 is 1.89 bits per heavy atom. The van der Waals surface area contributed by atoms with Crippen molar-refractivity contribution in [3.63, 3.8) is 0 Å².